The van der Waals surface area contributed by atoms with Crippen molar-refractivity contribution in [2.75, 3.05) is 43.5 Å². The molecule has 1 amide bonds. The lowest BCUT2D eigenvalue weighted by Crippen LogP contribution is -2.53. The minimum Gasteiger partial charge on any atom is -0.491 e. The van der Waals surface area contributed by atoms with Crippen LogP contribution < -0.4 is 15.4 Å². The van der Waals surface area contributed by atoms with Crippen LogP contribution in [0.25, 0.3) is 0 Å². The third-order valence-corrected chi connectivity index (χ3v) is 6.10. The van der Waals surface area contributed by atoms with Gasteiger partial charge in [0.25, 0.3) is 0 Å². The van der Waals surface area contributed by atoms with E-state index in [-0.39, 0.29) is 31.7 Å². The van der Waals surface area contributed by atoms with E-state index in [2.05, 4.69) is 0 Å². The molecule has 0 aromatic heterocycles. The summed E-state index contributed by atoms with van der Waals surface area (Å²) in [4.78, 5) is 17.1. The minimum absolute atomic E-state index is 0.0664. The number of aliphatic hydroxyl groups is 2. The standard InChI is InChI=1S/C26H28ClN3O4/c27-20-5-1-18(2-6-20)24-15-29(16-25(32)19-3-7-21(28)8-4-19)17-26(33)30(24)22-9-11-23(12-10-22)34-14-13-31/h1-12,24-25,31-32H,13-17,28H2/t24-,25+/m0/s1. The molecule has 34 heavy (non-hydrogen) atoms. The molecule has 0 aliphatic carbocycles. The number of piperazine rings is 1. The Hall–Kier alpha value is -3.10. The Balaban J connectivity index is 1.57. The number of ether oxygens (including phenoxy) is 1. The Morgan fingerprint density at radius 1 is 1.03 bits per heavy atom. The predicted molar refractivity (Wildman–Crippen MR) is 133 cm³/mol. The highest BCUT2D eigenvalue weighted by Gasteiger charge is 2.35. The molecule has 4 rings (SSSR count). The number of nitrogen functional groups attached to an aromatic ring is 1. The monoisotopic (exact) mass is 481 g/mol. The van der Waals surface area contributed by atoms with Gasteiger partial charge in [-0.3, -0.25) is 9.69 Å². The number of β-amino-alcohol motifs (C(OH)–C–C–N with tert-alkyl or cyclic N) is 1. The van der Waals surface area contributed by atoms with Gasteiger partial charge in [0.05, 0.1) is 25.3 Å². The number of halogens is 1. The fraction of sp³-hybridized carbons (Fsp3) is 0.269. The normalized spacial score (nSPS) is 17.6. The van der Waals surface area contributed by atoms with Gasteiger partial charge in [-0.1, -0.05) is 35.9 Å². The second kappa shape index (κ2) is 10.9. The van der Waals surface area contributed by atoms with Crippen molar-refractivity contribution in [3.63, 3.8) is 0 Å². The van der Waals surface area contributed by atoms with Crippen molar-refractivity contribution in [2.45, 2.75) is 12.1 Å². The summed E-state index contributed by atoms with van der Waals surface area (Å²) in [5.41, 5.74) is 8.84. The molecule has 2 atom stereocenters. The van der Waals surface area contributed by atoms with E-state index in [4.69, 9.17) is 27.2 Å². The molecular formula is C26H28ClN3O4. The zero-order chi connectivity index (χ0) is 24.1. The summed E-state index contributed by atoms with van der Waals surface area (Å²) in [5, 5.41) is 20.4. The Morgan fingerprint density at radius 2 is 1.71 bits per heavy atom. The zero-order valence-corrected chi connectivity index (χ0v) is 19.4. The second-order valence-electron chi connectivity index (χ2n) is 8.27. The number of amides is 1. The van der Waals surface area contributed by atoms with Crippen molar-refractivity contribution >= 4 is 28.9 Å². The average molecular weight is 482 g/mol. The molecule has 3 aromatic rings. The number of nitrogens with two attached hydrogens (primary N) is 1. The van der Waals surface area contributed by atoms with Crippen LogP contribution in [-0.4, -0.2) is 53.9 Å². The number of carbonyl (C=O) groups excluding carboxylic acids is 1. The molecule has 1 saturated heterocycles. The molecule has 1 fully saturated rings. The molecule has 0 unspecified atom stereocenters. The number of hydrogen-bond acceptors (Lipinski definition) is 6. The van der Waals surface area contributed by atoms with E-state index in [1.807, 2.05) is 41.3 Å². The first-order valence-electron chi connectivity index (χ1n) is 11.1. The van der Waals surface area contributed by atoms with Gasteiger partial charge in [-0.05, 0) is 59.7 Å². The van der Waals surface area contributed by atoms with E-state index in [0.717, 1.165) is 16.8 Å². The van der Waals surface area contributed by atoms with Crippen LogP contribution >= 0.6 is 11.6 Å². The maximum atomic E-state index is 13.4. The van der Waals surface area contributed by atoms with Crippen molar-refractivity contribution < 1.29 is 19.7 Å². The molecule has 1 heterocycles. The third-order valence-electron chi connectivity index (χ3n) is 5.85. The first-order valence-corrected chi connectivity index (χ1v) is 11.5. The van der Waals surface area contributed by atoms with Gasteiger partial charge >= 0.3 is 0 Å². The molecule has 1 aliphatic rings. The van der Waals surface area contributed by atoms with Crippen LogP contribution in [0.15, 0.2) is 72.8 Å². The Kier molecular flexibility index (Phi) is 7.70. The van der Waals surface area contributed by atoms with Crippen molar-refractivity contribution in [1.82, 2.24) is 4.90 Å². The van der Waals surface area contributed by atoms with E-state index in [1.165, 1.54) is 0 Å². The molecule has 1 aliphatic heterocycles. The van der Waals surface area contributed by atoms with E-state index in [9.17, 15) is 9.90 Å². The quantitative estimate of drug-likeness (QED) is 0.426. The highest BCUT2D eigenvalue weighted by molar-refractivity contribution is 6.30. The van der Waals surface area contributed by atoms with E-state index >= 15 is 0 Å². The van der Waals surface area contributed by atoms with Gasteiger partial charge in [-0.25, -0.2) is 0 Å². The van der Waals surface area contributed by atoms with Gasteiger partial charge < -0.3 is 25.6 Å². The summed E-state index contributed by atoms with van der Waals surface area (Å²) in [6, 6.07) is 21.6. The molecule has 7 nitrogen and oxygen atoms in total. The second-order valence-corrected chi connectivity index (χ2v) is 8.71. The number of hydrogen-bond donors (Lipinski definition) is 3. The topological polar surface area (TPSA) is 99.3 Å². The van der Waals surface area contributed by atoms with Gasteiger partial charge in [-0.2, -0.15) is 0 Å². The number of benzene rings is 3. The fourth-order valence-electron chi connectivity index (χ4n) is 4.17. The number of nitrogens with zero attached hydrogens (tertiary/aromatic N) is 2. The predicted octanol–water partition coefficient (Wildman–Crippen LogP) is 3.42. The highest BCUT2D eigenvalue weighted by Crippen LogP contribution is 2.33. The highest BCUT2D eigenvalue weighted by atomic mass is 35.5. The summed E-state index contributed by atoms with van der Waals surface area (Å²) >= 11 is 6.10. The molecular weight excluding hydrogens is 454 g/mol. The van der Waals surface area contributed by atoms with E-state index in [1.54, 1.807) is 41.3 Å². The number of anilines is 2. The van der Waals surface area contributed by atoms with E-state index in [0.29, 0.717) is 29.5 Å². The number of carbonyl (C=O) groups is 1. The molecule has 0 radical (unpaired) electrons. The molecule has 4 N–H and O–H groups in total. The van der Waals surface area contributed by atoms with Crippen molar-refractivity contribution in [3.8, 4) is 5.75 Å². The fourth-order valence-corrected chi connectivity index (χ4v) is 4.30. The maximum Gasteiger partial charge on any atom is 0.241 e. The van der Waals surface area contributed by atoms with E-state index < -0.39 is 6.10 Å². The molecule has 8 heteroatoms. The molecule has 3 aromatic carbocycles. The summed E-state index contributed by atoms with van der Waals surface area (Å²) in [7, 11) is 0. The summed E-state index contributed by atoms with van der Waals surface area (Å²) < 4.78 is 5.45. The van der Waals surface area contributed by atoms with Gasteiger partial charge in [-0.15, -0.1) is 0 Å². The lowest BCUT2D eigenvalue weighted by molar-refractivity contribution is -0.122. The average Bonchev–Trinajstić information content (AvgIpc) is 2.84. The third kappa shape index (κ3) is 5.69. The van der Waals surface area contributed by atoms with Gasteiger partial charge in [0.1, 0.15) is 12.4 Å². The summed E-state index contributed by atoms with van der Waals surface area (Å²) in [6.45, 7) is 1.19. The summed E-state index contributed by atoms with van der Waals surface area (Å²) in [6.07, 6.45) is -0.742. The Morgan fingerprint density at radius 3 is 2.35 bits per heavy atom. The lowest BCUT2D eigenvalue weighted by Gasteiger charge is -2.42. The molecule has 0 bridgehead atoms. The Bertz CT molecular complexity index is 1090. The number of rotatable bonds is 8. The first kappa shape index (κ1) is 24.0. The van der Waals surface area contributed by atoms with Crippen LogP contribution in [0.1, 0.15) is 23.3 Å². The smallest absolute Gasteiger partial charge is 0.241 e. The van der Waals surface area contributed by atoms with Gasteiger partial charge in [0.15, 0.2) is 0 Å². The van der Waals surface area contributed by atoms with Crippen LogP contribution in [0.2, 0.25) is 5.02 Å². The lowest BCUT2D eigenvalue weighted by atomic mass is 10.00. The molecule has 0 saturated carbocycles. The van der Waals surface area contributed by atoms with Crippen LogP contribution in [0, 0.1) is 0 Å². The zero-order valence-electron chi connectivity index (χ0n) is 18.7. The van der Waals surface area contributed by atoms with Gasteiger partial charge in [0, 0.05) is 29.5 Å². The summed E-state index contributed by atoms with van der Waals surface area (Å²) in [5.74, 6) is 0.554. The molecule has 0 spiro atoms. The van der Waals surface area contributed by atoms with Crippen molar-refractivity contribution in [3.05, 3.63) is 88.9 Å². The van der Waals surface area contributed by atoms with Crippen LogP contribution in [-0.2, 0) is 4.79 Å². The minimum atomic E-state index is -0.742. The van der Waals surface area contributed by atoms with Crippen molar-refractivity contribution in [2.24, 2.45) is 0 Å². The maximum absolute atomic E-state index is 13.4. The van der Waals surface area contributed by atoms with Gasteiger partial charge in [0.2, 0.25) is 5.91 Å². The van der Waals surface area contributed by atoms with Crippen LogP contribution in [0.3, 0.4) is 0 Å². The molecule has 178 valence electrons. The number of aliphatic hydroxyl groups excluding tert-OH is 2. The van der Waals surface area contributed by atoms with Crippen LogP contribution in [0.4, 0.5) is 11.4 Å². The SMILES string of the molecule is Nc1ccc([C@H](O)CN2CC(=O)N(c3ccc(OCCO)cc3)[C@H](c3ccc(Cl)cc3)C2)cc1. The van der Waals surface area contributed by atoms with Crippen molar-refractivity contribution in [1.29, 1.82) is 0 Å². The Labute approximate surface area is 203 Å². The largest absolute Gasteiger partial charge is 0.491 e. The van der Waals surface area contributed by atoms with Crippen LogP contribution in [0.5, 0.6) is 5.75 Å². The first-order chi connectivity index (χ1) is 16.4.